The van der Waals surface area contributed by atoms with Crippen LogP contribution in [0.1, 0.15) is 74.0 Å². The number of hydrogen-bond donors (Lipinski definition) is 0. The number of sulfone groups is 1. The van der Waals surface area contributed by atoms with Gasteiger partial charge in [0.1, 0.15) is 5.69 Å². The maximum Gasteiger partial charge on any atom is 0.433 e. The molecule has 2 fully saturated rings. The summed E-state index contributed by atoms with van der Waals surface area (Å²) in [5.74, 6) is 0.478. The summed E-state index contributed by atoms with van der Waals surface area (Å²) in [5, 5.41) is 4.61. The van der Waals surface area contributed by atoms with Crippen LogP contribution in [-0.2, 0) is 29.0 Å². The third kappa shape index (κ3) is 5.70. The predicted molar refractivity (Wildman–Crippen MR) is 148 cm³/mol. The second-order valence-electron chi connectivity index (χ2n) is 11.3. The van der Waals surface area contributed by atoms with Gasteiger partial charge in [0.2, 0.25) is 0 Å². The van der Waals surface area contributed by atoms with Gasteiger partial charge >= 0.3 is 6.18 Å². The lowest BCUT2D eigenvalue weighted by Crippen LogP contribution is -2.50. The first-order valence-electron chi connectivity index (χ1n) is 14.1. The minimum absolute atomic E-state index is 0.140. The van der Waals surface area contributed by atoms with Gasteiger partial charge in [-0.2, -0.15) is 18.3 Å². The maximum absolute atomic E-state index is 14.1. The zero-order valence-corrected chi connectivity index (χ0v) is 23.9. The Kier molecular flexibility index (Phi) is 8.12. The van der Waals surface area contributed by atoms with Gasteiger partial charge in [0.05, 0.1) is 15.3 Å². The molecule has 1 aromatic carbocycles. The van der Waals surface area contributed by atoms with Crippen LogP contribution >= 0.6 is 0 Å². The Morgan fingerprint density at radius 3 is 2.25 bits per heavy atom. The highest BCUT2D eigenvalue weighted by molar-refractivity contribution is 7.92. The molecule has 0 N–H and O–H groups in total. The molecule has 1 aliphatic carbocycles. The Hall–Kier alpha value is -2.72. The summed E-state index contributed by atoms with van der Waals surface area (Å²) >= 11 is 0. The fourth-order valence-corrected chi connectivity index (χ4v) is 8.74. The summed E-state index contributed by atoms with van der Waals surface area (Å²) < 4.78 is 68.4. The van der Waals surface area contributed by atoms with Gasteiger partial charge in [-0.25, -0.2) is 8.42 Å². The van der Waals surface area contributed by atoms with E-state index in [1.165, 1.54) is 5.69 Å². The van der Waals surface area contributed by atoms with Crippen LogP contribution in [0.25, 0.3) is 0 Å². The van der Waals surface area contributed by atoms with E-state index in [4.69, 9.17) is 0 Å². The molecular weight excluding hydrogens is 537 g/mol. The minimum atomic E-state index is -4.62. The van der Waals surface area contributed by atoms with Crippen molar-refractivity contribution in [2.45, 2.75) is 93.1 Å². The molecule has 6 nitrogen and oxygen atoms in total. The molecule has 0 spiro atoms. The first-order chi connectivity index (χ1) is 19.0. The molecule has 3 aromatic rings. The first-order valence-corrected chi connectivity index (χ1v) is 15.6. The van der Waals surface area contributed by atoms with Crippen molar-refractivity contribution in [1.82, 2.24) is 19.7 Å². The normalized spacial score (nSPS) is 23.4. The molecule has 2 aliphatic rings. The lowest BCUT2D eigenvalue weighted by atomic mass is 9.80. The molecule has 5 rings (SSSR count). The van der Waals surface area contributed by atoms with E-state index in [0.717, 1.165) is 74.9 Å². The molecule has 10 heteroatoms. The monoisotopic (exact) mass is 574 g/mol. The molecular formula is C30H37F3N4O2S. The fourth-order valence-electron chi connectivity index (χ4n) is 6.67. The summed E-state index contributed by atoms with van der Waals surface area (Å²) in [5.41, 5.74) is 2.17. The highest BCUT2D eigenvalue weighted by Gasteiger charge is 2.48. The number of rotatable bonds is 7. The van der Waals surface area contributed by atoms with E-state index < -0.39 is 26.5 Å². The Balaban J connectivity index is 1.32. The summed E-state index contributed by atoms with van der Waals surface area (Å²) in [6.45, 7) is 6.93. The number of benzene rings is 1. The zero-order chi connectivity index (χ0) is 28.5. The van der Waals surface area contributed by atoms with Crippen LogP contribution in [0.2, 0.25) is 0 Å². The van der Waals surface area contributed by atoms with E-state index in [-0.39, 0.29) is 4.90 Å². The summed E-state index contributed by atoms with van der Waals surface area (Å²) in [4.78, 5) is 5.83. The van der Waals surface area contributed by atoms with Crippen molar-refractivity contribution < 1.29 is 21.6 Å². The van der Waals surface area contributed by atoms with E-state index in [1.54, 1.807) is 0 Å². The van der Waals surface area contributed by atoms with Crippen LogP contribution in [-0.4, -0.2) is 52.0 Å². The lowest BCUT2D eigenvalue weighted by Gasteiger charge is -2.45. The summed E-state index contributed by atoms with van der Waals surface area (Å²) in [6.07, 6.45) is 1.06. The molecule has 1 saturated heterocycles. The van der Waals surface area contributed by atoms with E-state index in [0.29, 0.717) is 31.2 Å². The van der Waals surface area contributed by atoms with Gasteiger partial charge in [-0.3, -0.25) is 9.67 Å². The van der Waals surface area contributed by atoms with Crippen molar-refractivity contribution in [3.63, 3.8) is 0 Å². The second kappa shape index (κ2) is 11.3. The highest BCUT2D eigenvalue weighted by Crippen LogP contribution is 2.44. The molecule has 0 radical (unpaired) electrons. The van der Waals surface area contributed by atoms with Gasteiger partial charge in [-0.15, -0.1) is 0 Å². The number of aromatic nitrogens is 3. The van der Waals surface area contributed by atoms with Crippen LogP contribution in [0.3, 0.4) is 0 Å². The van der Waals surface area contributed by atoms with Gasteiger partial charge in [0.15, 0.2) is 9.84 Å². The maximum atomic E-state index is 14.1. The topological polar surface area (TPSA) is 68.1 Å². The fraction of sp³-hybridized carbons (Fsp3) is 0.533. The molecule has 2 aromatic heterocycles. The Morgan fingerprint density at radius 1 is 1.00 bits per heavy atom. The van der Waals surface area contributed by atoms with Crippen LogP contribution in [0, 0.1) is 6.92 Å². The molecule has 1 aliphatic heterocycles. The van der Waals surface area contributed by atoms with E-state index >= 15 is 0 Å². The van der Waals surface area contributed by atoms with Crippen molar-refractivity contribution in [2.75, 3.05) is 13.1 Å². The van der Waals surface area contributed by atoms with Gasteiger partial charge < -0.3 is 4.90 Å². The Morgan fingerprint density at radius 2 is 1.68 bits per heavy atom. The number of hydrogen-bond acceptors (Lipinski definition) is 5. The van der Waals surface area contributed by atoms with Gasteiger partial charge in [0.25, 0.3) is 0 Å². The number of pyridine rings is 1. The third-order valence-corrected chi connectivity index (χ3v) is 11.4. The number of alkyl halides is 3. The predicted octanol–water partition coefficient (Wildman–Crippen LogP) is 6.20. The molecule has 3 heterocycles. The lowest BCUT2D eigenvalue weighted by molar-refractivity contribution is -0.141. The SMILES string of the molecule is CCn1nc(C)cc1C1CCN(C2CCC(Cc3ccccc3)(S(=O)(=O)c3ccc(C(F)(F)F)nc3)CC2)CC1. The van der Waals surface area contributed by atoms with Gasteiger partial charge in [-0.05, 0) is 95.6 Å². The summed E-state index contributed by atoms with van der Waals surface area (Å²) in [7, 11) is -3.95. The molecule has 0 bridgehead atoms. The number of halogens is 3. The Bertz CT molecular complexity index is 1390. The van der Waals surface area contributed by atoms with Crippen molar-refractivity contribution in [3.8, 4) is 0 Å². The molecule has 0 atom stereocenters. The number of piperidine rings is 1. The minimum Gasteiger partial charge on any atom is -0.300 e. The molecule has 0 amide bonds. The number of nitrogens with zero attached hydrogens (tertiary/aromatic N) is 4. The van der Waals surface area contributed by atoms with Crippen LogP contribution in [0.4, 0.5) is 13.2 Å². The van der Waals surface area contributed by atoms with Crippen LogP contribution in [0.15, 0.2) is 59.6 Å². The van der Waals surface area contributed by atoms with Crippen LogP contribution < -0.4 is 0 Å². The van der Waals surface area contributed by atoms with E-state index in [1.807, 2.05) is 37.3 Å². The average Bonchev–Trinajstić information content (AvgIpc) is 3.34. The number of likely N-dealkylation sites (tertiary alicyclic amines) is 1. The summed E-state index contributed by atoms with van der Waals surface area (Å²) in [6, 6.07) is 13.8. The van der Waals surface area contributed by atoms with Crippen molar-refractivity contribution in [3.05, 3.63) is 77.4 Å². The molecule has 1 saturated carbocycles. The number of aryl methyl sites for hydroxylation is 2. The zero-order valence-electron chi connectivity index (χ0n) is 23.1. The molecule has 216 valence electrons. The highest BCUT2D eigenvalue weighted by atomic mass is 32.2. The second-order valence-corrected chi connectivity index (χ2v) is 13.6. The van der Waals surface area contributed by atoms with Crippen molar-refractivity contribution >= 4 is 9.84 Å². The molecule has 0 unspecified atom stereocenters. The smallest absolute Gasteiger partial charge is 0.300 e. The van der Waals surface area contributed by atoms with Crippen LogP contribution in [0.5, 0.6) is 0 Å². The Labute approximate surface area is 234 Å². The van der Waals surface area contributed by atoms with Crippen molar-refractivity contribution in [1.29, 1.82) is 0 Å². The van der Waals surface area contributed by atoms with Gasteiger partial charge in [0, 0.05) is 30.4 Å². The molecule has 40 heavy (non-hydrogen) atoms. The van der Waals surface area contributed by atoms with E-state index in [2.05, 4.69) is 32.7 Å². The quantitative estimate of drug-likeness (QED) is 0.336. The standard InChI is InChI=1S/C30H37F3N4O2S/c1-3-37-27(19-22(2)35-37)24-13-17-36(18-14-24)25-11-15-29(16-12-25,20-23-7-5-4-6-8-23)40(38,39)26-9-10-28(34-21-26)30(31,32)33/h4-10,19,21,24-25H,3,11-18,20H2,1-2H3. The largest absolute Gasteiger partial charge is 0.433 e. The van der Waals surface area contributed by atoms with E-state index in [9.17, 15) is 21.6 Å². The first kappa shape index (κ1) is 28.8. The third-order valence-electron chi connectivity index (χ3n) is 8.84. The van der Waals surface area contributed by atoms with Gasteiger partial charge in [-0.1, -0.05) is 30.3 Å². The van der Waals surface area contributed by atoms with Crippen molar-refractivity contribution in [2.24, 2.45) is 0 Å². The average molecular weight is 575 g/mol.